The van der Waals surface area contributed by atoms with E-state index in [0.29, 0.717) is 12.1 Å². The second-order valence-electron chi connectivity index (χ2n) is 5.93. The first-order valence-electron chi connectivity index (χ1n) is 7.43. The number of fused-ring (bicyclic) bond motifs is 1. The van der Waals surface area contributed by atoms with Crippen LogP contribution in [0.25, 0.3) is 0 Å². The van der Waals surface area contributed by atoms with Crippen LogP contribution in [0.5, 0.6) is 5.75 Å². The highest BCUT2D eigenvalue weighted by Gasteiger charge is 2.29. The van der Waals surface area contributed by atoms with Gasteiger partial charge in [0.2, 0.25) is 0 Å². The maximum atomic E-state index is 12.4. The van der Waals surface area contributed by atoms with Gasteiger partial charge in [0.1, 0.15) is 6.04 Å². The molecule has 1 aliphatic heterocycles. The number of rotatable bonds is 5. The number of benzene rings is 1. The van der Waals surface area contributed by atoms with Crippen LogP contribution in [-0.4, -0.2) is 35.0 Å². The third kappa shape index (κ3) is 3.80. The van der Waals surface area contributed by atoms with Crippen molar-refractivity contribution in [1.29, 1.82) is 0 Å². The van der Waals surface area contributed by atoms with Gasteiger partial charge in [0, 0.05) is 0 Å². The quantitative estimate of drug-likeness (QED) is 0.765. The molecule has 0 saturated carbocycles. The summed E-state index contributed by atoms with van der Waals surface area (Å²) in [4.78, 5) is 35.3. The van der Waals surface area contributed by atoms with Crippen molar-refractivity contribution in [3.05, 3.63) is 23.8 Å². The van der Waals surface area contributed by atoms with Crippen LogP contribution in [-0.2, 0) is 9.59 Å². The van der Waals surface area contributed by atoms with Crippen molar-refractivity contribution in [1.82, 2.24) is 5.32 Å². The van der Waals surface area contributed by atoms with E-state index in [0.717, 1.165) is 0 Å². The summed E-state index contributed by atoms with van der Waals surface area (Å²) in [5.74, 6) is -1.54. The summed E-state index contributed by atoms with van der Waals surface area (Å²) in [6.07, 6.45) is -0.397. The number of hydrogen-bond acceptors (Lipinski definition) is 4. The summed E-state index contributed by atoms with van der Waals surface area (Å²) in [6.45, 7) is 5.34. The third-order valence-corrected chi connectivity index (χ3v) is 3.49. The lowest BCUT2D eigenvalue weighted by Crippen LogP contribution is -2.42. The van der Waals surface area contributed by atoms with Gasteiger partial charge < -0.3 is 20.5 Å². The van der Waals surface area contributed by atoms with Crippen molar-refractivity contribution in [2.75, 3.05) is 5.32 Å². The van der Waals surface area contributed by atoms with Gasteiger partial charge >= 0.3 is 5.97 Å². The molecule has 23 heavy (non-hydrogen) atoms. The molecule has 7 nitrogen and oxygen atoms in total. The smallest absolute Gasteiger partial charge is 0.326 e. The lowest BCUT2D eigenvalue weighted by molar-refractivity contribution is -0.139. The molecule has 124 valence electrons. The molecule has 1 aliphatic rings. The van der Waals surface area contributed by atoms with Crippen molar-refractivity contribution in [3.63, 3.8) is 0 Å². The molecule has 0 spiro atoms. The first-order chi connectivity index (χ1) is 10.8. The summed E-state index contributed by atoms with van der Waals surface area (Å²) in [5, 5.41) is 14.4. The third-order valence-electron chi connectivity index (χ3n) is 3.49. The molecule has 0 fully saturated rings. The van der Waals surface area contributed by atoms with E-state index in [1.54, 1.807) is 19.1 Å². The van der Waals surface area contributed by atoms with E-state index in [1.165, 1.54) is 6.07 Å². The van der Waals surface area contributed by atoms with Crippen molar-refractivity contribution in [2.45, 2.75) is 39.3 Å². The zero-order chi connectivity index (χ0) is 17.1. The summed E-state index contributed by atoms with van der Waals surface area (Å²) in [7, 11) is 0. The fraction of sp³-hybridized carbons (Fsp3) is 0.438. The van der Waals surface area contributed by atoms with Gasteiger partial charge in [-0.3, -0.25) is 9.59 Å². The molecule has 1 heterocycles. The number of nitrogens with one attached hydrogen (secondary N) is 2. The van der Waals surface area contributed by atoms with Crippen LogP contribution in [0.15, 0.2) is 18.2 Å². The van der Waals surface area contributed by atoms with E-state index in [9.17, 15) is 19.5 Å². The Kier molecular flexibility index (Phi) is 4.88. The minimum Gasteiger partial charge on any atom is -0.480 e. The highest BCUT2D eigenvalue weighted by molar-refractivity contribution is 6.04. The Morgan fingerprint density at radius 2 is 2.09 bits per heavy atom. The fourth-order valence-corrected chi connectivity index (χ4v) is 2.33. The average molecular weight is 320 g/mol. The summed E-state index contributed by atoms with van der Waals surface area (Å²) >= 11 is 0. The number of anilines is 1. The van der Waals surface area contributed by atoms with Crippen molar-refractivity contribution in [3.8, 4) is 5.75 Å². The van der Waals surface area contributed by atoms with Gasteiger partial charge in [-0.2, -0.15) is 0 Å². The molecule has 7 heteroatoms. The van der Waals surface area contributed by atoms with Crippen LogP contribution < -0.4 is 15.4 Å². The van der Waals surface area contributed by atoms with E-state index in [1.807, 2.05) is 13.8 Å². The predicted octanol–water partition coefficient (Wildman–Crippen LogP) is 1.64. The standard InChI is InChI=1S/C16H20N2O5/c1-8(2)7-12(16(21)22)18-15(20)10-5-4-6-11-13(10)23-9(3)14(19)17-11/h4-6,8-9,12H,7H2,1-3H3,(H,17,19)(H,18,20)(H,21,22). The van der Waals surface area contributed by atoms with Crippen LogP contribution in [0.2, 0.25) is 0 Å². The summed E-state index contributed by atoms with van der Waals surface area (Å²) in [6, 6.07) is 3.78. The zero-order valence-corrected chi connectivity index (χ0v) is 13.3. The van der Waals surface area contributed by atoms with Gasteiger partial charge in [-0.15, -0.1) is 0 Å². The number of amides is 2. The van der Waals surface area contributed by atoms with Gasteiger partial charge in [0.25, 0.3) is 11.8 Å². The molecule has 3 N–H and O–H groups in total. The monoisotopic (exact) mass is 320 g/mol. The van der Waals surface area contributed by atoms with Crippen LogP contribution in [0.3, 0.4) is 0 Å². The molecular formula is C16H20N2O5. The number of ether oxygens (including phenoxy) is 1. The summed E-state index contributed by atoms with van der Waals surface area (Å²) < 4.78 is 5.50. The number of aliphatic carboxylic acids is 1. The number of hydrogen-bond donors (Lipinski definition) is 3. The SMILES string of the molecule is CC(C)CC(NC(=O)c1cccc2c1OC(C)C(=O)N2)C(=O)O. The van der Waals surface area contributed by atoms with Crippen LogP contribution in [0.1, 0.15) is 37.6 Å². The van der Waals surface area contributed by atoms with E-state index in [4.69, 9.17) is 4.74 Å². The highest BCUT2D eigenvalue weighted by Crippen LogP contribution is 2.33. The lowest BCUT2D eigenvalue weighted by atomic mass is 10.0. The highest BCUT2D eigenvalue weighted by atomic mass is 16.5. The molecule has 0 bridgehead atoms. The molecule has 0 aliphatic carbocycles. The van der Waals surface area contributed by atoms with E-state index >= 15 is 0 Å². The van der Waals surface area contributed by atoms with Gasteiger partial charge in [-0.25, -0.2) is 4.79 Å². The van der Waals surface area contributed by atoms with E-state index in [2.05, 4.69) is 10.6 Å². The molecule has 0 aromatic heterocycles. The zero-order valence-electron chi connectivity index (χ0n) is 13.3. The maximum absolute atomic E-state index is 12.4. The van der Waals surface area contributed by atoms with E-state index < -0.39 is 24.0 Å². The minimum atomic E-state index is -1.08. The molecule has 0 saturated heterocycles. The molecule has 1 aromatic carbocycles. The fourth-order valence-electron chi connectivity index (χ4n) is 2.33. The summed E-state index contributed by atoms with van der Waals surface area (Å²) in [5.41, 5.74) is 0.598. The number of carboxylic acid groups (broad SMARTS) is 1. The molecule has 0 radical (unpaired) electrons. The first kappa shape index (κ1) is 16.8. The predicted molar refractivity (Wildman–Crippen MR) is 83.5 cm³/mol. The molecule has 1 aromatic rings. The molecule has 2 atom stereocenters. The van der Waals surface area contributed by atoms with Crippen molar-refractivity contribution >= 4 is 23.5 Å². The Balaban J connectivity index is 2.25. The lowest BCUT2D eigenvalue weighted by Gasteiger charge is -2.25. The first-order valence-corrected chi connectivity index (χ1v) is 7.43. The number of carbonyl (C=O) groups is 3. The van der Waals surface area contributed by atoms with Gasteiger partial charge in [-0.05, 0) is 31.4 Å². The van der Waals surface area contributed by atoms with Crippen molar-refractivity contribution < 1.29 is 24.2 Å². The Bertz CT molecular complexity index is 641. The molecule has 2 unspecified atom stereocenters. The van der Waals surface area contributed by atoms with E-state index in [-0.39, 0.29) is 23.1 Å². The second kappa shape index (κ2) is 6.68. The largest absolute Gasteiger partial charge is 0.480 e. The Labute approximate surface area is 134 Å². The van der Waals surface area contributed by atoms with Crippen molar-refractivity contribution in [2.24, 2.45) is 5.92 Å². The number of para-hydroxylation sites is 1. The Morgan fingerprint density at radius 1 is 1.39 bits per heavy atom. The second-order valence-corrected chi connectivity index (χ2v) is 5.93. The molecule has 2 rings (SSSR count). The Morgan fingerprint density at radius 3 is 2.70 bits per heavy atom. The van der Waals surface area contributed by atoms with Gasteiger partial charge in [0.15, 0.2) is 11.9 Å². The van der Waals surface area contributed by atoms with Gasteiger partial charge in [-0.1, -0.05) is 19.9 Å². The molecule has 2 amide bonds. The average Bonchev–Trinajstić information content (AvgIpc) is 2.46. The molecular weight excluding hydrogens is 300 g/mol. The minimum absolute atomic E-state index is 0.122. The van der Waals surface area contributed by atoms with Gasteiger partial charge in [0.05, 0.1) is 11.3 Å². The van der Waals surface area contributed by atoms with Crippen LogP contribution >= 0.6 is 0 Å². The maximum Gasteiger partial charge on any atom is 0.326 e. The van der Waals surface area contributed by atoms with Crippen LogP contribution in [0.4, 0.5) is 5.69 Å². The van der Waals surface area contributed by atoms with Crippen LogP contribution in [0, 0.1) is 5.92 Å². The normalized spacial score (nSPS) is 17.7. The number of carbonyl (C=O) groups excluding carboxylic acids is 2. The number of carboxylic acids is 1. The topological polar surface area (TPSA) is 105 Å². The Hall–Kier alpha value is -2.57.